The number of nitrogens with one attached hydrogen (secondary N) is 2. The van der Waals surface area contributed by atoms with Crippen LogP contribution in [-0.2, 0) is 11.2 Å². The molecule has 6 nitrogen and oxygen atoms in total. The molecule has 0 aliphatic carbocycles. The maximum absolute atomic E-state index is 12.1. The fourth-order valence-corrected chi connectivity index (χ4v) is 3.75. The van der Waals surface area contributed by atoms with Crippen molar-refractivity contribution in [1.82, 2.24) is 20.5 Å². The molecule has 6 heteroatoms. The van der Waals surface area contributed by atoms with Crippen LogP contribution in [0, 0.1) is 0 Å². The van der Waals surface area contributed by atoms with Crippen molar-refractivity contribution in [2.45, 2.75) is 45.4 Å². The average Bonchev–Trinajstić information content (AvgIpc) is 2.95. The van der Waals surface area contributed by atoms with Gasteiger partial charge in [0.1, 0.15) is 0 Å². The maximum atomic E-state index is 12.1. The zero-order chi connectivity index (χ0) is 20.3. The summed E-state index contributed by atoms with van der Waals surface area (Å²) in [6.45, 7) is 6.12. The molecule has 0 bridgehead atoms. The summed E-state index contributed by atoms with van der Waals surface area (Å²) in [5.74, 6) is 1.14. The lowest BCUT2D eigenvalue weighted by Gasteiger charge is -2.20. The Morgan fingerprint density at radius 1 is 1.17 bits per heavy atom. The Morgan fingerprint density at radius 2 is 2.07 bits per heavy atom. The van der Waals surface area contributed by atoms with Crippen molar-refractivity contribution in [3.05, 3.63) is 42.1 Å². The number of hydrogen-bond donors (Lipinski definition) is 2. The van der Waals surface area contributed by atoms with Gasteiger partial charge < -0.3 is 15.5 Å². The predicted molar refractivity (Wildman–Crippen MR) is 119 cm³/mol. The highest BCUT2D eigenvalue weighted by atomic mass is 16.2. The number of likely N-dealkylation sites (tertiary alicyclic amines) is 1. The van der Waals surface area contributed by atoms with E-state index in [0.717, 1.165) is 69.9 Å². The number of rotatable bonds is 8. The highest BCUT2D eigenvalue weighted by Crippen LogP contribution is 2.16. The molecule has 156 valence electrons. The quantitative estimate of drug-likeness (QED) is 0.409. The van der Waals surface area contributed by atoms with Crippen molar-refractivity contribution < 1.29 is 4.79 Å². The molecule has 0 saturated carbocycles. The number of nitrogens with zero attached hydrogens (tertiary/aromatic N) is 3. The smallest absolute Gasteiger partial charge is 0.222 e. The van der Waals surface area contributed by atoms with Gasteiger partial charge in [0.15, 0.2) is 5.96 Å². The molecule has 1 aromatic heterocycles. The largest absolute Gasteiger partial charge is 0.357 e. The summed E-state index contributed by atoms with van der Waals surface area (Å²) in [6, 6.07) is 10.4. The molecule has 1 aliphatic rings. The number of fused-ring (bicyclic) bond motifs is 1. The van der Waals surface area contributed by atoms with Gasteiger partial charge in [-0.3, -0.25) is 14.8 Å². The summed E-state index contributed by atoms with van der Waals surface area (Å²) in [5, 5.41) is 7.90. The van der Waals surface area contributed by atoms with Crippen molar-refractivity contribution >= 4 is 22.8 Å². The molecule has 2 aromatic rings. The predicted octanol–water partition coefficient (Wildman–Crippen LogP) is 3.13. The van der Waals surface area contributed by atoms with E-state index in [-0.39, 0.29) is 0 Å². The van der Waals surface area contributed by atoms with E-state index in [0.29, 0.717) is 12.3 Å². The van der Waals surface area contributed by atoms with E-state index in [1.54, 1.807) is 0 Å². The van der Waals surface area contributed by atoms with Crippen molar-refractivity contribution in [2.24, 2.45) is 4.99 Å². The van der Waals surface area contributed by atoms with Crippen LogP contribution in [0.2, 0.25) is 0 Å². The Labute approximate surface area is 173 Å². The summed E-state index contributed by atoms with van der Waals surface area (Å²) in [7, 11) is 0. The van der Waals surface area contributed by atoms with Gasteiger partial charge in [-0.05, 0) is 44.2 Å². The molecule has 1 aliphatic heterocycles. The SMILES string of the molecule is CCNC(=NCCCN1CCCCCC1=O)NCCc1cccc2cccnc12. The number of benzene rings is 1. The summed E-state index contributed by atoms with van der Waals surface area (Å²) in [4.78, 5) is 23.3. The van der Waals surface area contributed by atoms with Crippen LogP contribution in [0.3, 0.4) is 0 Å². The van der Waals surface area contributed by atoms with E-state index in [9.17, 15) is 4.79 Å². The minimum atomic E-state index is 0.306. The number of guanidine groups is 1. The van der Waals surface area contributed by atoms with Crippen molar-refractivity contribution in [2.75, 3.05) is 32.7 Å². The van der Waals surface area contributed by atoms with Crippen LogP contribution in [0.5, 0.6) is 0 Å². The second-order valence-corrected chi connectivity index (χ2v) is 7.47. The van der Waals surface area contributed by atoms with E-state index >= 15 is 0 Å². The summed E-state index contributed by atoms with van der Waals surface area (Å²) < 4.78 is 0. The van der Waals surface area contributed by atoms with E-state index in [1.165, 1.54) is 17.4 Å². The van der Waals surface area contributed by atoms with Gasteiger partial charge in [0.05, 0.1) is 5.52 Å². The second kappa shape index (κ2) is 11.4. The number of carbonyl (C=O) groups is 1. The molecule has 0 unspecified atom stereocenters. The van der Waals surface area contributed by atoms with Crippen LogP contribution in [-0.4, -0.2) is 54.5 Å². The Kier molecular flexibility index (Phi) is 8.28. The van der Waals surface area contributed by atoms with Gasteiger partial charge >= 0.3 is 0 Å². The monoisotopic (exact) mass is 395 g/mol. The van der Waals surface area contributed by atoms with Crippen LogP contribution < -0.4 is 10.6 Å². The molecular formula is C23H33N5O. The van der Waals surface area contributed by atoms with E-state index < -0.39 is 0 Å². The summed E-state index contributed by atoms with van der Waals surface area (Å²) in [6.07, 6.45) is 7.67. The third-order valence-corrected chi connectivity index (χ3v) is 5.27. The Morgan fingerprint density at radius 3 is 2.97 bits per heavy atom. The minimum absolute atomic E-state index is 0.306. The van der Waals surface area contributed by atoms with Gasteiger partial charge in [-0.15, -0.1) is 0 Å². The third-order valence-electron chi connectivity index (χ3n) is 5.27. The molecule has 1 aromatic carbocycles. The van der Waals surface area contributed by atoms with Crippen LogP contribution in [0.25, 0.3) is 10.9 Å². The van der Waals surface area contributed by atoms with E-state index in [2.05, 4.69) is 51.8 Å². The molecule has 3 rings (SSSR count). The third kappa shape index (κ3) is 6.44. The van der Waals surface area contributed by atoms with Gasteiger partial charge in [-0.2, -0.15) is 0 Å². The maximum Gasteiger partial charge on any atom is 0.222 e. The first kappa shape index (κ1) is 21.1. The normalized spacial score (nSPS) is 15.4. The number of para-hydroxylation sites is 1. The summed E-state index contributed by atoms with van der Waals surface area (Å²) in [5.41, 5.74) is 2.31. The van der Waals surface area contributed by atoms with Crippen molar-refractivity contribution in [3.8, 4) is 0 Å². The fourth-order valence-electron chi connectivity index (χ4n) is 3.75. The van der Waals surface area contributed by atoms with E-state index in [1.807, 2.05) is 17.2 Å². The van der Waals surface area contributed by atoms with E-state index in [4.69, 9.17) is 0 Å². The van der Waals surface area contributed by atoms with Crippen LogP contribution in [0.1, 0.15) is 44.6 Å². The number of carbonyl (C=O) groups excluding carboxylic acids is 1. The molecule has 2 heterocycles. The molecular weight excluding hydrogens is 362 g/mol. The molecule has 0 radical (unpaired) electrons. The number of hydrogen-bond acceptors (Lipinski definition) is 3. The highest BCUT2D eigenvalue weighted by molar-refractivity contribution is 5.82. The molecule has 1 saturated heterocycles. The first-order valence-electron chi connectivity index (χ1n) is 10.9. The highest BCUT2D eigenvalue weighted by Gasteiger charge is 2.15. The van der Waals surface area contributed by atoms with Crippen molar-refractivity contribution in [3.63, 3.8) is 0 Å². The lowest BCUT2D eigenvalue weighted by Crippen LogP contribution is -2.38. The van der Waals surface area contributed by atoms with Gasteiger partial charge in [-0.25, -0.2) is 0 Å². The number of pyridine rings is 1. The average molecular weight is 396 g/mol. The van der Waals surface area contributed by atoms with Crippen LogP contribution >= 0.6 is 0 Å². The number of aromatic nitrogens is 1. The zero-order valence-corrected chi connectivity index (χ0v) is 17.5. The number of aliphatic imine (C=N–C) groups is 1. The first-order chi connectivity index (χ1) is 14.3. The van der Waals surface area contributed by atoms with Crippen LogP contribution in [0.15, 0.2) is 41.5 Å². The molecule has 0 spiro atoms. The second-order valence-electron chi connectivity index (χ2n) is 7.47. The Bertz CT molecular complexity index is 815. The van der Waals surface area contributed by atoms with Gasteiger partial charge in [0, 0.05) is 50.7 Å². The standard InChI is InChI=1S/C23H33N5O/c1-2-24-23(26-15-8-18-28-17-5-3-4-12-21(28)29)27-16-13-20-10-6-9-19-11-7-14-25-22(19)20/h6-7,9-11,14H,2-5,8,12-13,15-18H2,1H3,(H2,24,26,27). The van der Waals surface area contributed by atoms with Crippen LogP contribution in [0.4, 0.5) is 0 Å². The zero-order valence-electron chi connectivity index (χ0n) is 17.5. The van der Waals surface area contributed by atoms with Gasteiger partial charge in [0.2, 0.25) is 5.91 Å². The number of amides is 1. The molecule has 2 N–H and O–H groups in total. The Hall–Kier alpha value is -2.63. The lowest BCUT2D eigenvalue weighted by atomic mass is 10.1. The summed E-state index contributed by atoms with van der Waals surface area (Å²) >= 11 is 0. The fraction of sp³-hybridized carbons (Fsp3) is 0.522. The van der Waals surface area contributed by atoms with Crippen molar-refractivity contribution in [1.29, 1.82) is 0 Å². The molecule has 0 atom stereocenters. The van der Waals surface area contributed by atoms with Gasteiger partial charge in [0.25, 0.3) is 0 Å². The topological polar surface area (TPSA) is 69.6 Å². The Balaban J connectivity index is 1.47. The van der Waals surface area contributed by atoms with Gasteiger partial charge in [-0.1, -0.05) is 30.7 Å². The molecule has 1 fully saturated rings. The minimum Gasteiger partial charge on any atom is -0.357 e. The molecule has 29 heavy (non-hydrogen) atoms. The first-order valence-corrected chi connectivity index (χ1v) is 10.9. The lowest BCUT2D eigenvalue weighted by molar-refractivity contribution is -0.130. The molecule has 1 amide bonds.